The van der Waals surface area contributed by atoms with Crippen LogP contribution in [0.3, 0.4) is 0 Å². The van der Waals surface area contributed by atoms with E-state index in [4.69, 9.17) is 9.84 Å². The Morgan fingerprint density at radius 3 is 2.71 bits per heavy atom. The fraction of sp³-hybridized carbons (Fsp3) is 0.818. The van der Waals surface area contributed by atoms with Crippen LogP contribution in [0.1, 0.15) is 26.7 Å². The van der Waals surface area contributed by atoms with Gasteiger partial charge in [-0.3, -0.25) is 4.79 Å². The first-order chi connectivity index (χ1) is 8.04. The predicted octanol–water partition coefficient (Wildman–Crippen LogP) is 0.574. The van der Waals surface area contributed by atoms with Crippen molar-refractivity contribution >= 4 is 12.0 Å². The molecule has 1 rings (SSSR count). The summed E-state index contributed by atoms with van der Waals surface area (Å²) in [6, 6.07) is -0.313. The van der Waals surface area contributed by atoms with E-state index in [1.807, 2.05) is 6.92 Å². The summed E-state index contributed by atoms with van der Waals surface area (Å²) in [4.78, 5) is 22.3. The molecule has 3 N–H and O–H groups in total. The molecule has 0 aliphatic carbocycles. The average Bonchev–Trinajstić information content (AvgIpc) is 2.65. The minimum absolute atomic E-state index is 0.0138. The smallest absolute Gasteiger partial charge is 0.315 e. The molecule has 98 valence electrons. The van der Waals surface area contributed by atoms with Crippen molar-refractivity contribution in [3.63, 3.8) is 0 Å². The Bertz CT molecular complexity index is 283. The summed E-state index contributed by atoms with van der Waals surface area (Å²) in [6.07, 6.45) is 1.31. The van der Waals surface area contributed by atoms with Gasteiger partial charge in [0.2, 0.25) is 0 Å². The van der Waals surface area contributed by atoms with Gasteiger partial charge in [0, 0.05) is 13.2 Å². The van der Waals surface area contributed by atoms with Gasteiger partial charge in [-0.2, -0.15) is 0 Å². The van der Waals surface area contributed by atoms with Gasteiger partial charge in [0.25, 0.3) is 0 Å². The normalized spacial score (nSPS) is 25.3. The van der Waals surface area contributed by atoms with Gasteiger partial charge in [-0.15, -0.1) is 0 Å². The molecule has 1 aliphatic heterocycles. The van der Waals surface area contributed by atoms with Crippen molar-refractivity contribution in [3.8, 4) is 0 Å². The molecule has 0 spiro atoms. The Labute approximate surface area is 101 Å². The number of aliphatic carboxylic acids is 1. The highest BCUT2D eigenvalue weighted by molar-refractivity contribution is 5.76. The third kappa shape index (κ3) is 4.22. The number of carboxylic acids is 1. The second-order valence-electron chi connectivity index (χ2n) is 4.27. The van der Waals surface area contributed by atoms with Gasteiger partial charge in [-0.05, 0) is 19.8 Å². The topological polar surface area (TPSA) is 87.7 Å². The monoisotopic (exact) mass is 244 g/mol. The van der Waals surface area contributed by atoms with Crippen LogP contribution in [0.4, 0.5) is 4.79 Å². The average molecular weight is 244 g/mol. The Balaban J connectivity index is 2.27. The number of carboxylic acid groups (broad SMARTS) is 1. The number of amides is 2. The fourth-order valence-corrected chi connectivity index (χ4v) is 1.76. The number of hydrogen-bond acceptors (Lipinski definition) is 3. The molecule has 6 heteroatoms. The minimum Gasteiger partial charge on any atom is -0.481 e. The highest BCUT2D eigenvalue weighted by atomic mass is 16.5. The van der Waals surface area contributed by atoms with Crippen LogP contribution in [0, 0.1) is 5.92 Å². The number of nitrogens with one attached hydrogen (secondary N) is 2. The van der Waals surface area contributed by atoms with Crippen molar-refractivity contribution in [2.45, 2.75) is 38.8 Å². The molecule has 1 heterocycles. The largest absolute Gasteiger partial charge is 0.481 e. The molecular weight excluding hydrogens is 224 g/mol. The summed E-state index contributed by atoms with van der Waals surface area (Å²) in [6.45, 7) is 4.49. The second kappa shape index (κ2) is 6.44. The number of urea groups is 1. The molecule has 1 fully saturated rings. The number of carbonyl (C=O) groups is 2. The summed E-state index contributed by atoms with van der Waals surface area (Å²) in [7, 11) is 0. The third-order valence-corrected chi connectivity index (χ3v) is 3.04. The molecule has 6 nitrogen and oxygen atoms in total. The maximum atomic E-state index is 11.5. The van der Waals surface area contributed by atoms with Gasteiger partial charge in [-0.1, -0.05) is 6.92 Å². The lowest BCUT2D eigenvalue weighted by atomic mass is 10.1. The Hall–Kier alpha value is -1.30. The highest BCUT2D eigenvalue weighted by Gasteiger charge is 2.26. The van der Waals surface area contributed by atoms with Gasteiger partial charge in [-0.25, -0.2) is 4.79 Å². The SMILES string of the molecule is CCC(CNC(=O)NC1CCOC1C)C(=O)O. The molecule has 17 heavy (non-hydrogen) atoms. The maximum absolute atomic E-state index is 11.5. The first-order valence-corrected chi connectivity index (χ1v) is 5.93. The summed E-state index contributed by atoms with van der Waals surface area (Å²) in [5.74, 6) is -1.41. The van der Waals surface area contributed by atoms with Gasteiger partial charge in [0.15, 0.2) is 0 Å². The van der Waals surface area contributed by atoms with E-state index in [-0.39, 0.29) is 24.7 Å². The van der Waals surface area contributed by atoms with Crippen LogP contribution in [0.2, 0.25) is 0 Å². The van der Waals surface area contributed by atoms with Crippen LogP contribution in [0.5, 0.6) is 0 Å². The lowest BCUT2D eigenvalue weighted by molar-refractivity contribution is -0.141. The van der Waals surface area contributed by atoms with Gasteiger partial charge in [0.1, 0.15) is 0 Å². The van der Waals surface area contributed by atoms with Gasteiger partial charge >= 0.3 is 12.0 Å². The highest BCUT2D eigenvalue weighted by Crippen LogP contribution is 2.12. The van der Waals surface area contributed by atoms with E-state index in [0.717, 1.165) is 6.42 Å². The maximum Gasteiger partial charge on any atom is 0.315 e. The molecule has 3 unspecified atom stereocenters. The molecule has 0 aromatic rings. The van der Waals surface area contributed by atoms with E-state index in [2.05, 4.69) is 10.6 Å². The van der Waals surface area contributed by atoms with Crippen LogP contribution in [0.15, 0.2) is 0 Å². The minimum atomic E-state index is -0.884. The van der Waals surface area contributed by atoms with Crippen molar-refractivity contribution in [1.29, 1.82) is 0 Å². The molecule has 1 aliphatic rings. The van der Waals surface area contributed by atoms with Crippen LogP contribution in [-0.4, -0.2) is 42.4 Å². The Morgan fingerprint density at radius 2 is 2.24 bits per heavy atom. The third-order valence-electron chi connectivity index (χ3n) is 3.04. The van der Waals surface area contributed by atoms with Crippen molar-refractivity contribution in [3.05, 3.63) is 0 Å². The summed E-state index contributed by atoms with van der Waals surface area (Å²) in [5, 5.41) is 14.2. The quantitative estimate of drug-likeness (QED) is 0.660. The fourth-order valence-electron chi connectivity index (χ4n) is 1.76. The predicted molar refractivity (Wildman–Crippen MR) is 61.8 cm³/mol. The number of rotatable bonds is 5. The molecule has 0 saturated carbocycles. The van der Waals surface area contributed by atoms with E-state index in [9.17, 15) is 9.59 Å². The zero-order valence-corrected chi connectivity index (χ0v) is 10.2. The van der Waals surface area contributed by atoms with Crippen molar-refractivity contribution in [2.24, 2.45) is 5.92 Å². The van der Waals surface area contributed by atoms with E-state index < -0.39 is 11.9 Å². The van der Waals surface area contributed by atoms with E-state index in [1.54, 1.807) is 6.92 Å². The Kier molecular flexibility index (Phi) is 5.21. The first-order valence-electron chi connectivity index (χ1n) is 5.93. The molecule has 0 aromatic carbocycles. The standard InChI is InChI=1S/C11H20N2O4/c1-3-8(10(14)15)6-12-11(16)13-9-4-5-17-7(9)2/h7-9H,3-6H2,1-2H3,(H,14,15)(H2,12,13,16). The molecule has 0 radical (unpaired) electrons. The van der Waals surface area contributed by atoms with Gasteiger partial charge in [0.05, 0.1) is 18.1 Å². The zero-order chi connectivity index (χ0) is 12.8. The lowest BCUT2D eigenvalue weighted by Gasteiger charge is -2.17. The zero-order valence-electron chi connectivity index (χ0n) is 10.2. The van der Waals surface area contributed by atoms with Crippen LogP contribution in [0.25, 0.3) is 0 Å². The molecule has 1 saturated heterocycles. The van der Waals surface area contributed by atoms with Crippen LogP contribution < -0.4 is 10.6 Å². The lowest BCUT2D eigenvalue weighted by Crippen LogP contribution is -2.46. The van der Waals surface area contributed by atoms with Crippen LogP contribution >= 0.6 is 0 Å². The summed E-state index contributed by atoms with van der Waals surface area (Å²) in [5.41, 5.74) is 0. The number of hydrogen-bond donors (Lipinski definition) is 3. The van der Waals surface area contributed by atoms with Crippen molar-refractivity contribution < 1.29 is 19.4 Å². The molecule has 2 amide bonds. The van der Waals surface area contributed by atoms with Crippen molar-refractivity contribution in [1.82, 2.24) is 10.6 Å². The summed E-state index contributed by atoms with van der Waals surface area (Å²) >= 11 is 0. The number of ether oxygens (including phenoxy) is 1. The summed E-state index contributed by atoms with van der Waals surface area (Å²) < 4.78 is 5.31. The van der Waals surface area contributed by atoms with Crippen LogP contribution in [-0.2, 0) is 9.53 Å². The Morgan fingerprint density at radius 1 is 1.53 bits per heavy atom. The second-order valence-corrected chi connectivity index (χ2v) is 4.27. The van der Waals surface area contributed by atoms with E-state index in [1.165, 1.54) is 0 Å². The number of carbonyl (C=O) groups excluding carboxylic acids is 1. The van der Waals surface area contributed by atoms with E-state index in [0.29, 0.717) is 13.0 Å². The molecule has 3 atom stereocenters. The molecular formula is C11H20N2O4. The first kappa shape index (κ1) is 13.8. The van der Waals surface area contributed by atoms with Gasteiger partial charge < -0.3 is 20.5 Å². The molecule has 0 bridgehead atoms. The van der Waals surface area contributed by atoms with Crippen molar-refractivity contribution in [2.75, 3.05) is 13.2 Å². The van der Waals surface area contributed by atoms with E-state index >= 15 is 0 Å². The molecule has 0 aromatic heterocycles.